The summed E-state index contributed by atoms with van der Waals surface area (Å²) in [6, 6.07) is 10.1. The molecular weight excluding hydrogens is 328 g/mol. The molecule has 6 nitrogen and oxygen atoms in total. The molecule has 1 aromatic heterocycles. The molecule has 0 spiro atoms. The lowest BCUT2D eigenvalue weighted by Crippen LogP contribution is -2.34. The van der Waals surface area contributed by atoms with Crippen LogP contribution in [0.4, 0.5) is 0 Å². The lowest BCUT2D eigenvalue weighted by molar-refractivity contribution is -0.133. The number of aromatic nitrogens is 2. The molecule has 0 aliphatic heterocycles. The third-order valence-corrected chi connectivity index (χ3v) is 4.84. The largest absolute Gasteiger partial charge is 0.353 e. The minimum Gasteiger partial charge on any atom is -0.353 e. The summed E-state index contributed by atoms with van der Waals surface area (Å²) in [7, 11) is 1.78. The number of amides is 2. The summed E-state index contributed by atoms with van der Waals surface area (Å²) in [6.45, 7) is 0.530. The monoisotopic (exact) mass is 354 g/mol. The predicted molar refractivity (Wildman–Crippen MR) is 99.7 cm³/mol. The molecule has 0 saturated heterocycles. The van der Waals surface area contributed by atoms with Crippen molar-refractivity contribution < 1.29 is 9.59 Å². The van der Waals surface area contributed by atoms with Gasteiger partial charge in [0, 0.05) is 44.9 Å². The minimum atomic E-state index is -0.0118. The van der Waals surface area contributed by atoms with Crippen molar-refractivity contribution in [3.8, 4) is 5.69 Å². The number of hydrogen-bond acceptors (Lipinski definition) is 3. The van der Waals surface area contributed by atoms with Gasteiger partial charge in [-0.3, -0.25) is 9.59 Å². The molecule has 1 aliphatic rings. The van der Waals surface area contributed by atoms with Gasteiger partial charge < -0.3 is 10.2 Å². The number of benzene rings is 1. The third-order valence-electron chi connectivity index (χ3n) is 4.84. The van der Waals surface area contributed by atoms with Crippen molar-refractivity contribution in [3.63, 3.8) is 0 Å². The van der Waals surface area contributed by atoms with E-state index in [4.69, 9.17) is 0 Å². The lowest BCUT2D eigenvalue weighted by Gasteiger charge is -2.18. The van der Waals surface area contributed by atoms with Crippen LogP contribution in [0.5, 0.6) is 0 Å². The Labute approximate surface area is 154 Å². The van der Waals surface area contributed by atoms with Crippen molar-refractivity contribution in [1.82, 2.24) is 20.0 Å². The number of nitrogens with zero attached hydrogens (tertiary/aromatic N) is 3. The molecule has 26 heavy (non-hydrogen) atoms. The van der Waals surface area contributed by atoms with Gasteiger partial charge in [-0.15, -0.1) is 0 Å². The summed E-state index contributed by atoms with van der Waals surface area (Å²) >= 11 is 0. The second-order valence-electron chi connectivity index (χ2n) is 6.92. The van der Waals surface area contributed by atoms with Crippen LogP contribution in [0.3, 0.4) is 0 Å². The molecule has 2 amide bonds. The Bertz CT molecular complexity index is 719. The van der Waals surface area contributed by atoms with E-state index in [1.165, 1.54) is 12.8 Å². The zero-order valence-electron chi connectivity index (χ0n) is 15.2. The normalized spacial score (nSPS) is 14.3. The zero-order chi connectivity index (χ0) is 18.4. The second kappa shape index (κ2) is 8.65. The van der Waals surface area contributed by atoms with E-state index >= 15 is 0 Å². The fraction of sp³-hybridized carbons (Fsp3) is 0.450. The molecule has 138 valence electrons. The summed E-state index contributed by atoms with van der Waals surface area (Å²) in [6.07, 6.45) is 8.64. The van der Waals surface area contributed by atoms with Crippen LogP contribution < -0.4 is 5.32 Å². The topological polar surface area (TPSA) is 67.2 Å². The average Bonchev–Trinajstić information content (AvgIpc) is 3.34. The molecule has 1 aromatic carbocycles. The first-order valence-electron chi connectivity index (χ1n) is 9.24. The Morgan fingerprint density at radius 3 is 2.58 bits per heavy atom. The minimum absolute atomic E-state index is 0.0114. The summed E-state index contributed by atoms with van der Waals surface area (Å²) in [5.41, 5.74) is 2.03. The fourth-order valence-electron chi connectivity index (χ4n) is 3.32. The van der Waals surface area contributed by atoms with Crippen molar-refractivity contribution in [3.05, 3.63) is 48.3 Å². The standard InChI is InChI=1S/C20H26N4O2/c1-23(20(26)12-11-19(25)22-17-5-2-3-6-17)15-16-7-9-18(10-8-16)24-14-4-13-21-24/h4,7-10,13-14,17H,2-3,5-6,11-12,15H2,1H3,(H,22,25). The first-order chi connectivity index (χ1) is 12.6. The molecule has 1 aliphatic carbocycles. The van der Waals surface area contributed by atoms with Gasteiger partial charge in [-0.2, -0.15) is 5.10 Å². The summed E-state index contributed by atoms with van der Waals surface area (Å²) in [5.74, 6) is -0.0232. The highest BCUT2D eigenvalue weighted by Crippen LogP contribution is 2.17. The van der Waals surface area contributed by atoms with Crippen LogP contribution >= 0.6 is 0 Å². The van der Waals surface area contributed by atoms with E-state index in [2.05, 4.69) is 10.4 Å². The predicted octanol–water partition coefficient (Wildman–Crippen LogP) is 2.67. The van der Waals surface area contributed by atoms with E-state index in [9.17, 15) is 9.59 Å². The van der Waals surface area contributed by atoms with Gasteiger partial charge >= 0.3 is 0 Å². The number of carbonyl (C=O) groups excluding carboxylic acids is 2. The number of rotatable bonds is 7. The molecule has 0 radical (unpaired) electrons. The van der Waals surface area contributed by atoms with Crippen LogP contribution in [0, 0.1) is 0 Å². The molecule has 0 atom stereocenters. The molecular formula is C20H26N4O2. The molecule has 2 aromatic rings. The SMILES string of the molecule is CN(Cc1ccc(-n2cccn2)cc1)C(=O)CCC(=O)NC1CCCC1. The Kier molecular flexibility index (Phi) is 6.04. The summed E-state index contributed by atoms with van der Waals surface area (Å²) in [5, 5.41) is 7.22. The van der Waals surface area contributed by atoms with Crippen molar-refractivity contribution in [2.24, 2.45) is 0 Å². The molecule has 1 heterocycles. The number of hydrogen-bond donors (Lipinski definition) is 1. The van der Waals surface area contributed by atoms with E-state index in [1.807, 2.05) is 36.5 Å². The molecule has 1 N–H and O–H groups in total. The van der Waals surface area contributed by atoms with E-state index in [1.54, 1.807) is 22.8 Å². The van der Waals surface area contributed by atoms with Crippen molar-refractivity contribution in [2.45, 2.75) is 51.1 Å². The fourth-order valence-corrected chi connectivity index (χ4v) is 3.32. The van der Waals surface area contributed by atoms with Crippen LogP contribution in [-0.4, -0.2) is 39.6 Å². The Balaban J connectivity index is 1.44. The first kappa shape index (κ1) is 18.2. The Morgan fingerprint density at radius 1 is 1.19 bits per heavy atom. The lowest BCUT2D eigenvalue weighted by atomic mass is 10.2. The van der Waals surface area contributed by atoms with Crippen LogP contribution in [0.25, 0.3) is 5.69 Å². The molecule has 1 fully saturated rings. The van der Waals surface area contributed by atoms with E-state index < -0.39 is 0 Å². The van der Waals surface area contributed by atoms with Crippen molar-refractivity contribution in [1.29, 1.82) is 0 Å². The van der Waals surface area contributed by atoms with Crippen LogP contribution in [0.1, 0.15) is 44.1 Å². The molecule has 6 heteroatoms. The molecule has 1 saturated carbocycles. The number of nitrogens with one attached hydrogen (secondary N) is 1. The van der Waals surface area contributed by atoms with E-state index in [-0.39, 0.29) is 24.7 Å². The van der Waals surface area contributed by atoms with Gasteiger partial charge in [0.25, 0.3) is 0 Å². The molecule has 3 rings (SSSR count). The van der Waals surface area contributed by atoms with Crippen LogP contribution in [0.15, 0.2) is 42.7 Å². The number of carbonyl (C=O) groups is 2. The Hall–Kier alpha value is -2.63. The zero-order valence-corrected chi connectivity index (χ0v) is 15.2. The smallest absolute Gasteiger partial charge is 0.223 e. The summed E-state index contributed by atoms with van der Waals surface area (Å²) in [4.78, 5) is 25.9. The maximum absolute atomic E-state index is 12.3. The van der Waals surface area contributed by atoms with Gasteiger partial charge in [0.2, 0.25) is 11.8 Å². The maximum Gasteiger partial charge on any atom is 0.223 e. The van der Waals surface area contributed by atoms with E-state index in [0.717, 1.165) is 24.1 Å². The van der Waals surface area contributed by atoms with Gasteiger partial charge in [-0.05, 0) is 36.6 Å². The van der Waals surface area contributed by atoms with Crippen LogP contribution in [-0.2, 0) is 16.1 Å². The average molecular weight is 354 g/mol. The highest BCUT2D eigenvalue weighted by atomic mass is 16.2. The summed E-state index contributed by atoms with van der Waals surface area (Å²) < 4.78 is 1.79. The van der Waals surface area contributed by atoms with Gasteiger partial charge in [0.1, 0.15) is 0 Å². The van der Waals surface area contributed by atoms with Gasteiger partial charge in [0.05, 0.1) is 5.69 Å². The van der Waals surface area contributed by atoms with Gasteiger partial charge in [-0.1, -0.05) is 25.0 Å². The first-order valence-corrected chi connectivity index (χ1v) is 9.24. The van der Waals surface area contributed by atoms with Crippen molar-refractivity contribution in [2.75, 3.05) is 7.05 Å². The quantitative estimate of drug-likeness (QED) is 0.831. The Morgan fingerprint density at radius 2 is 1.92 bits per heavy atom. The van der Waals surface area contributed by atoms with E-state index in [0.29, 0.717) is 12.6 Å². The third kappa shape index (κ3) is 4.94. The van der Waals surface area contributed by atoms with Gasteiger partial charge in [-0.25, -0.2) is 4.68 Å². The second-order valence-corrected chi connectivity index (χ2v) is 6.92. The van der Waals surface area contributed by atoms with Crippen molar-refractivity contribution >= 4 is 11.8 Å². The molecule has 0 bridgehead atoms. The van der Waals surface area contributed by atoms with Crippen LogP contribution in [0.2, 0.25) is 0 Å². The highest BCUT2D eigenvalue weighted by molar-refractivity contribution is 5.83. The van der Waals surface area contributed by atoms with Gasteiger partial charge in [0.15, 0.2) is 0 Å². The molecule has 0 unspecified atom stereocenters. The maximum atomic E-state index is 12.3. The highest BCUT2D eigenvalue weighted by Gasteiger charge is 2.18.